The van der Waals surface area contributed by atoms with Crippen molar-refractivity contribution in [3.8, 4) is 6.07 Å². The van der Waals surface area contributed by atoms with Gasteiger partial charge in [-0.15, -0.1) is 0 Å². The quantitative estimate of drug-likeness (QED) is 0.542. The van der Waals surface area contributed by atoms with Gasteiger partial charge in [0, 0.05) is 19.5 Å². The van der Waals surface area contributed by atoms with Crippen molar-refractivity contribution in [1.82, 2.24) is 4.90 Å². The van der Waals surface area contributed by atoms with Gasteiger partial charge in [0.15, 0.2) is 0 Å². The van der Waals surface area contributed by atoms with E-state index in [1.807, 2.05) is 11.9 Å². The van der Waals surface area contributed by atoms with Gasteiger partial charge in [-0.05, 0) is 7.05 Å². The number of hydrogen-bond acceptors (Lipinski definition) is 4. The highest BCUT2D eigenvalue weighted by Crippen LogP contribution is 1.86. The van der Waals surface area contributed by atoms with Crippen LogP contribution in [0.5, 0.6) is 0 Å². The number of aliphatic hydroxyl groups excluding tert-OH is 1. The van der Waals surface area contributed by atoms with Crippen molar-refractivity contribution < 1.29 is 9.84 Å². The van der Waals surface area contributed by atoms with Crippen molar-refractivity contribution >= 4 is 0 Å². The molecule has 70 valence electrons. The standard InChI is InChI=1S/C8H16N2O2/c1-10(4-2-3-9)5-7-12-8-6-11/h11H,2,4-8H2,1H3. The zero-order chi connectivity index (χ0) is 9.23. The van der Waals surface area contributed by atoms with E-state index in [0.29, 0.717) is 19.6 Å². The Bertz CT molecular complexity index is 134. The van der Waals surface area contributed by atoms with Crippen molar-refractivity contribution in [3.05, 3.63) is 0 Å². The normalized spacial score (nSPS) is 10.2. The molecule has 0 heterocycles. The second-order valence-corrected chi connectivity index (χ2v) is 2.55. The van der Waals surface area contributed by atoms with Crippen LogP contribution in [0.4, 0.5) is 0 Å². The van der Waals surface area contributed by atoms with Crippen LogP contribution in [0.3, 0.4) is 0 Å². The fraction of sp³-hybridized carbons (Fsp3) is 0.875. The minimum Gasteiger partial charge on any atom is -0.394 e. The van der Waals surface area contributed by atoms with Crippen LogP contribution in [0, 0.1) is 11.3 Å². The first-order valence-corrected chi connectivity index (χ1v) is 4.05. The predicted octanol–water partition coefficient (Wildman–Crippen LogP) is -0.159. The molecule has 0 radical (unpaired) electrons. The van der Waals surface area contributed by atoms with Crippen LogP contribution in [0.2, 0.25) is 0 Å². The molecule has 1 N–H and O–H groups in total. The maximum absolute atomic E-state index is 8.39. The molecule has 12 heavy (non-hydrogen) atoms. The van der Waals surface area contributed by atoms with E-state index in [4.69, 9.17) is 15.1 Å². The Morgan fingerprint density at radius 2 is 2.17 bits per heavy atom. The van der Waals surface area contributed by atoms with Crippen molar-refractivity contribution in [2.45, 2.75) is 6.42 Å². The highest BCUT2D eigenvalue weighted by atomic mass is 16.5. The van der Waals surface area contributed by atoms with E-state index >= 15 is 0 Å². The van der Waals surface area contributed by atoms with Crippen LogP contribution in [-0.2, 0) is 4.74 Å². The molecule has 0 aliphatic heterocycles. The molecule has 0 aliphatic rings. The number of hydrogen-bond donors (Lipinski definition) is 1. The van der Waals surface area contributed by atoms with Crippen LogP contribution < -0.4 is 0 Å². The van der Waals surface area contributed by atoms with Gasteiger partial charge in [-0.1, -0.05) is 0 Å². The van der Waals surface area contributed by atoms with E-state index in [0.717, 1.165) is 13.1 Å². The first-order valence-electron chi connectivity index (χ1n) is 4.05. The Balaban J connectivity index is 3.09. The lowest BCUT2D eigenvalue weighted by molar-refractivity contribution is 0.0788. The fourth-order valence-electron chi connectivity index (χ4n) is 0.740. The van der Waals surface area contributed by atoms with Gasteiger partial charge in [0.05, 0.1) is 25.9 Å². The number of nitriles is 1. The summed E-state index contributed by atoms with van der Waals surface area (Å²) in [6.45, 7) is 2.66. The predicted molar refractivity (Wildman–Crippen MR) is 45.6 cm³/mol. The lowest BCUT2D eigenvalue weighted by Gasteiger charge is -2.13. The lowest BCUT2D eigenvalue weighted by Crippen LogP contribution is -2.24. The Morgan fingerprint density at radius 1 is 1.42 bits per heavy atom. The molecule has 0 unspecified atom stereocenters. The number of nitrogens with zero attached hydrogens (tertiary/aromatic N) is 2. The monoisotopic (exact) mass is 172 g/mol. The summed E-state index contributed by atoms with van der Waals surface area (Å²) in [4.78, 5) is 2.03. The molecule has 4 heteroatoms. The van der Waals surface area contributed by atoms with Crippen LogP contribution in [0.1, 0.15) is 6.42 Å². The summed E-state index contributed by atoms with van der Waals surface area (Å²) >= 11 is 0. The van der Waals surface area contributed by atoms with Crippen LogP contribution in [0.15, 0.2) is 0 Å². The molecule has 0 aliphatic carbocycles. The zero-order valence-electron chi connectivity index (χ0n) is 7.49. The number of ether oxygens (including phenoxy) is 1. The Morgan fingerprint density at radius 3 is 2.75 bits per heavy atom. The summed E-state index contributed by atoms with van der Waals surface area (Å²) in [5.41, 5.74) is 0. The van der Waals surface area contributed by atoms with Crippen LogP contribution in [-0.4, -0.2) is 50.0 Å². The molecule has 4 nitrogen and oxygen atoms in total. The average Bonchev–Trinajstić information content (AvgIpc) is 2.09. The molecule has 0 atom stereocenters. The Labute approximate surface area is 73.4 Å². The van der Waals surface area contributed by atoms with Gasteiger partial charge < -0.3 is 14.7 Å². The van der Waals surface area contributed by atoms with E-state index < -0.39 is 0 Å². The Hall–Kier alpha value is -0.630. The van der Waals surface area contributed by atoms with Crippen LogP contribution in [0.25, 0.3) is 0 Å². The summed E-state index contributed by atoms with van der Waals surface area (Å²) in [6, 6.07) is 2.08. The molecule has 0 aromatic heterocycles. The summed E-state index contributed by atoms with van der Waals surface area (Å²) in [5, 5.41) is 16.7. The molecule has 0 fully saturated rings. The smallest absolute Gasteiger partial charge is 0.0698 e. The number of aliphatic hydroxyl groups is 1. The third-order valence-electron chi connectivity index (χ3n) is 1.46. The SMILES string of the molecule is CN(CCC#N)CCOCCO. The summed E-state index contributed by atoms with van der Waals surface area (Å²) in [5.74, 6) is 0. The highest BCUT2D eigenvalue weighted by molar-refractivity contribution is 4.70. The maximum atomic E-state index is 8.39. The van der Waals surface area contributed by atoms with Gasteiger partial charge in [-0.2, -0.15) is 5.26 Å². The topological polar surface area (TPSA) is 56.5 Å². The lowest BCUT2D eigenvalue weighted by atomic mass is 10.4. The minimum atomic E-state index is 0.0713. The second-order valence-electron chi connectivity index (χ2n) is 2.55. The average molecular weight is 172 g/mol. The van der Waals surface area contributed by atoms with Gasteiger partial charge in [0.25, 0.3) is 0 Å². The fourth-order valence-corrected chi connectivity index (χ4v) is 0.740. The number of rotatable bonds is 7. The van der Waals surface area contributed by atoms with E-state index in [-0.39, 0.29) is 6.61 Å². The molecule has 0 saturated carbocycles. The van der Waals surface area contributed by atoms with E-state index in [1.54, 1.807) is 0 Å². The number of likely N-dealkylation sites (N-methyl/N-ethyl adjacent to an activating group) is 1. The van der Waals surface area contributed by atoms with Gasteiger partial charge in [-0.3, -0.25) is 0 Å². The van der Waals surface area contributed by atoms with Gasteiger partial charge in [-0.25, -0.2) is 0 Å². The summed E-state index contributed by atoms with van der Waals surface area (Å²) < 4.78 is 5.06. The van der Waals surface area contributed by atoms with Crippen molar-refractivity contribution in [1.29, 1.82) is 5.26 Å². The summed E-state index contributed by atoms with van der Waals surface area (Å²) in [7, 11) is 1.94. The van der Waals surface area contributed by atoms with Gasteiger partial charge in [0.1, 0.15) is 0 Å². The van der Waals surface area contributed by atoms with Gasteiger partial charge >= 0.3 is 0 Å². The Kier molecular flexibility index (Phi) is 8.02. The molecule has 0 saturated heterocycles. The first kappa shape index (κ1) is 11.4. The van der Waals surface area contributed by atoms with Crippen molar-refractivity contribution in [2.24, 2.45) is 0 Å². The van der Waals surface area contributed by atoms with Crippen LogP contribution >= 0.6 is 0 Å². The first-order chi connectivity index (χ1) is 5.81. The molecule has 0 amide bonds. The van der Waals surface area contributed by atoms with E-state index in [9.17, 15) is 0 Å². The van der Waals surface area contributed by atoms with Crippen molar-refractivity contribution in [2.75, 3.05) is 40.0 Å². The maximum Gasteiger partial charge on any atom is 0.0698 e. The largest absolute Gasteiger partial charge is 0.394 e. The third-order valence-corrected chi connectivity index (χ3v) is 1.46. The van der Waals surface area contributed by atoms with Gasteiger partial charge in [0.2, 0.25) is 0 Å². The molecular formula is C8H16N2O2. The molecule has 0 aromatic carbocycles. The molecule has 0 aromatic rings. The molecule has 0 spiro atoms. The highest BCUT2D eigenvalue weighted by Gasteiger charge is 1.96. The summed E-state index contributed by atoms with van der Waals surface area (Å²) in [6.07, 6.45) is 0.552. The van der Waals surface area contributed by atoms with E-state index in [2.05, 4.69) is 6.07 Å². The second kappa shape index (κ2) is 8.47. The minimum absolute atomic E-state index is 0.0713. The zero-order valence-corrected chi connectivity index (χ0v) is 7.49. The van der Waals surface area contributed by atoms with E-state index in [1.165, 1.54) is 0 Å². The molecular weight excluding hydrogens is 156 g/mol. The molecule has 0 rings (SSSR count). The van der Waals surface area contributed by atoms with Crippen molar-refractivity contribution in [3.63, 3.8) is 0 Å². The third kappa shape index (κ3) is 7.48. The molecule has 0 bridgehead atoms.